The zero-order chi connectivity index (χ0) is 40.5. The van der Waals surface area contributed by atoms with E-state index in [1.54, 1.807) is 0 Å². The van der Waals surface area contributed by atoms with Gasteiger partial charge in [0.1, 0.15) is 11.2 Å². The summed E-state index contributed by atoms with van der Waals surface area (Å²) in [5.41, 5.74) is -2.54. The Morgan fingerprint density at radius 3 is 0.830 bits per heavy atom. The molecule has 0 bridgehead atoms. The monoisotopic (exact) mass is 859 g/mol. The molecule has 0 aliphatic rings. The predicted molar refractivity (Wildman–Crippen MR) is 258 cm³/mol. The van der Waals surface area contributed by atoms with E-state index in [-0.39, 0.29) is 17.1 Å². The van der Waals surface area contributed by atoms with Crippen LogP contribution in [0.5, 0.6) is 0 Å². The number of unbranched alkanes of at least 4 members (excludes halogenated alkanes) is 12. The van der Waals surface area contributed by atoms with E-state index in [0.717, 1.165) is 88.9 Å². The van der Waals surface area contributed by atoms with Crippen molar-refractivity contribution in [2.75, 3.05) is 6.61 Å². The van der Waals surface area contributed by atoms with Crippen molar-refractivity contribution in [2.45, 2.75) is 246 Å². The summed E-state index contributed by atoms with van der Waals surface area (Å²) in [6.45, 7) is 18.0. The molecule has 320 valence electrons. The molecule has 2 N–H and O–H groups in total. The van der Waals surface area contributed by atoms with Crippen molar-refractivity contribution >= 4 is 75.8 Å². The molecule has 9 heteroatoms. The minimum Gasteiger partial charge on any atom is -0.393 e. The highest BCUT2D eigenvalue weighted by Gasteiger charge is 2.61. The van der Waals surface area contributed by atoms with Crippen LogP contribution < -0.4 is 0 Å². The number of hydrogen-bond donors (Lipinski definition) is 8. The van der Waals surface area contributed by atoms with Crippen LogP contribution in [0.1, 0.15) is 209 Å². The van der Waals surface area contributed by atoms with Crippen LogP contribution in [0, 0.1) is 23.7 Å². The SMILES string of the molecule is CC(C)CCCCCCC(S)C(CO)(OC(C(S)CCCCCCC(C)C)(C(S)CCCCCCC(C)C)C(O)(S)S)C(S)CCCCCCC(C)C. The normalized spacial score (nSPS) is 17.4. The number of ether oxygens (including phenoxy) is 1. The van der Waals surface area contributed by atoms with E-state index in [2.05, 4.69) is 55.4 Å². The van der Waals surface area contributed by atoms with Gasteiger partial charge in [-0.1, -0.05) is 184 Å². The highest BCUT2D eigenvalue weighted by molar-refractivity contribution is 8.00. The van der Waals surface area contributed by atoms with Crippen molar-refractivity contribution in [3.63, 3.8) is 0 Å². The Labute approximate surface area is 364 Å². The average molecular weight is 860 g/mol. The second-order valence-corrected chi connectivity index (χ2v) is 22.4. The molecule has 0 radical (unpaired) electrons. The molecule has 0 spiro atoms. The molecular formula is C44H90O3S6. The maximum absolute atomic E-state index is 12.1. The molecule has 0 fully saturated rings. The molecular weight excluding hydrogens is 769 g/mol. The predicted octanol–water partition coefficient (Wildman–Crippen LogP) is 14.2. The van der Waals surface area contributed by atoms with Gasteiger partial charge in [0, 0.05) is 21.0 Å². The highest BCUT2D eigenvalue weighted by Crippen LogP contribution is 2.51. The van der Waals surface area contributed by atoms with Gasteiger partial charge in [-0.05, 0) is 49.4 Å². The lowest BCUT2D eigenvalue weighted by Gasteiger charge is -2.56. The maximum Gasteiger partial charge on any atom is 0.183 e. The Balaban J connectivity index is 6.56. The molecule has 0 aromatic heterocycles. The molecule has 0 aliphatic carbocycles. The summed E-state index contributed by atoms with van der Waals surface area (Å²) in [6, 6.07) is 0. The van der Waals surface area contributed by atoms with Crippen LogP contribution in [0.3, 0.4) is 0 Å². The number of aliphatic hydroxyl groups excluding tert-OH is 1. The lowest BCUT2D eigenvalue weighted by molar-refractivity contribution is -0.205. The van der Waals surface area contributed by atoms with E-state index in [1.807, 2.05) is 0 Å². The molecule has 0 aromatic rings. The van der Waals surface area contributed by atoms with Gasteiger partial charge in [0.2, 0.25) is 0 Å². The molecule has 4 atom stereocenters. The van der Waals surface area contributed by atoms with E-state index >= 15 is 0 Å². The fourth-order valence-electron chi connectivity index (χ4n) is 7.68. The van der Waals surface area contributed by atoms with Crippen molar-refractivity contribution < 1.29 is 14.9 Å². The van der Waals surface area contributed by atoms with Crippen LogP contribution in [-0.4, -0.2) is 53.3 Å². The Bertz CT molecular complexity index is 797. The molecule has 0 amide bonds. The van der Waals surface area contributed by atoms with Crippen molar-refractivity contribution in [1.29, 1.82) is 0 Å². The average Bonchev–Trinajstić information content (AvgIpc) is 3.06. The summed E-state index contributed by atoms with van der Waals surface area (Å²) >= 11 is 30.7. The third-order valence-electron chi connectivity index (χ3n) is 11.3. The molecule has 0 saturated carbocycles. The van der Waals surface area contributed by atoms with Crippen molar-refractivity contribution in [2.24, 2.45) is 23.7 Å². The quantitative estimate of drug-likeness (QED) is 0.0184. The lowest BCUT2D eigenvalue weighted by Crippen LogP contribution is -2.69. The molecule has 0 aromatic carbocycles. The largest absolute Gasteiger partial charge is 0.393 e. The second-order valence-electron chi connectivity index (χ2n) is 18.2. The van der Waals surface area contributed by atoms with Gasteiger partial charge in [0.05, 0.1) is 6.61 Å². The van der Waals surface area contributed by atoms with Crippen LogP contribution >= 0.6 is 75.8 Å². The molecule has 4 unspecified atom stereocenters. The van der Waals surface area contributed by atoms with Crippen molar-refractivity contribution in [3.05, 3.63) is 0 Å². The van der Waals surface area contributed by atoms with Crippen LogP contribution in [0.2, 0.25) is 0 Å². The van der Waals surface area contributed by atoms with Gasteiger partial charge in [0.25, 0.3) is 0 Å². The van der Waals surface area contributed by atoms with E-state index in [0.29, 0.717) is 11.8 Å². The summed E-state index contributed by atoms with van der Waals surface area (Å²) in [6.07, 6.45) is 25.9. The van der Waals surface area contributed by atoms with E-state index in [1.165, 1.54) is 77.0 Å². The van der Waals surface area contributed by atoms with E-state index in [9.17, 15) is 10.2 Å². The van der Waals surface area contributed by atoms with Gasteiger partial charge in [-0.3, -0.25) is 0 Å². The standard InChI is InChI=1S/C44H90O3S6/c1-34(2)25-17-9-13-21-29-38(48)42(33-45,39(49)30-22-14-10-18-26-35(3)4)47-43(44(46,52)53,40(50)31-23-15-11-19-27-36(5)6)41(51)32-24-16-12-20-28-37(7)8/h34-41,45-46,48-53H,9-33H2,1-8H3. The van der Waals surface area contributed by atoms with Crippen LogP contribution in [0.25, 0.3) is 0 Å². The number of rotatable bonds is 36. The van der Waals surface area contributed by atoms with Gasteiger partial charge in [-0.25, -0.2) is 0 Å². The van der Waals surface area contributed by atoms with Crippen LogP contribution in [0.4, 0.5) is 0 Å². The fourth-order valence-corrected chi connectivity index (χ4v) is 11.2. The first-order chi connectivity index (χ1) is 24.9. The van der Waals surface area contributed by atoms with Crippen LogP contribution in [0.15, 0.2) is 0 Å². The maximum atomic E-state index is 12.1. The van der Waals surface area contributed by atoms with Gasteiger partial charge in [0.15, 0.2) is 4.27 Å². The summed E-state index contributed by atoms with van der Waals surface area (Å²) in [4.78, 5) is 0. The van der Waals surface area contributed by atoms with Gasteiger partial charge in [-0.2, -0.15) is 50.5 Å². The Morgan fingerprint density at radius 1 is 0.396 bits per heavy atom. The lowest BCUT2D eigenvalue weighted by atomic mass is 9.83. The van der Waals surface area contributed by atoms with E-state index in [4.69, 9.17) is 80.5 Å². The fraction of sp³-hybridized carbons (Fsp3) is 1.00. The first-order valence-electron chi connectivity index (χ1n) is 22.1. The topological polar surface area (TPSA) is 49.7 Å². The van der Waals surface area contributed by atoms with Crippen molar-refractivity contribution in [3.8, 4) is 0 Å². The molecule has 0 rings (SSSR count). The smallest absolute Gasteiger partial charge is 0.183 e. The minimum absolute atomic E-state index is 0.263. The zero-order valence-electron chi connectivity index (χ0n) is 35.8. The summed E-state index contributed by atoms with van der Waals surface area (Å²) < 4.78 is 5.59. The number of hydrogen-bond acceptors (Lipinski definition) is 9. The van der Waals surface area contributed by atoms with Gasteiger partial charge < -0.3 is 14.9 Å². The number of aliphatic hydroxyl groups is 2. The van der Waals surface area contributed by atoms with Crippen LogP contribution in [-0.2, 0) is 4.74 Å². The molecule has 3 nitrogen and oxygen atoms in total. The van der Waals surface area contributed by atoms with E-state index < -0.39 is 26.0 Å². The Kier molecular flexibility index (Phi) is 32.1. The third kappa shape index (κ3) is 22.8. The zero-order valence-corrected chi connectivity index (χ0v) is 41.1. The first-order valence-corrected chi connectivity index (χ1v) is 25.0. The molecule has 53 heavy (non-hydrogen) atoms. The minimum atomic E-state index is -1.88. The highest BCUT2D eigenvalue weighted by atomic mass is 32.2. The molecule has 0 heterocycles. The summed E-state index contributed by atoms with van der Waals surface area (Å²) in [5.74, 6) is 2.86. The molecule has 0 aliphatic heterocycles. The summed E-state index contributed by atoms with van der Waals surface area (Å²) in [7, 11) is 0. The first kappa shape index (κ1) is 55.0. The Morgan fingerprint density at radius 2 is 0.623 bits per heavy atom. The van der Waals surface area contributed by atoms with Crippen molar-refractivity contribution in [1.82, 2.24) is 0 Å². The molecule has 0 saturated heterocycles. The van der Waals surface area contributed by atoms with Gasteiger partial charge >= 0.3 is 0 Å². The summed E-state index contributed by atoms with van der Waals surface area (Å²) in [5, 5.41) is 22.2. The van der Waals surface area contributed by atoms with Gasteiger partial charge in [-0.15, -0.1) is 25.3 Å². The number of thiol groups is 6. The second kappa shape index (κ2) is 30.9. The Hall–Kier alpha value is 1.98. The third-order valence-corrected chi connectivity index (χ3v) is 14.7.